The SMILES string of the molecule is Cc1noc([C@@H]2CC[C@H](CNCc3cnc(C4CCCC4)s3)O2)n1. The average Bonchev–Trinajstić information content (AvgIpc) is 3.35. The third-order valence-corrected chi connectivity index (χ3v) is 6.03. The zero-order valence-corrected chi connectivity index (χ0v) is 14.8. The van der Waals surface area contributed by atoms with Crippen molar-refractivity contribution in [2.45, 2.75) is 70.1 Å². The Morgan fingerprint density at radius 2 is 2.12 bits per heavy atom. The summed E-state index contributed by atoms with van der Waals surface area (Å²) in [6.45, 7) is 3.55. The van der Waals surface area contributed by atoms with Crippen molar-refractivity contribution < 1.29 is 9.26 Å². The molecule has 1 N–H and O–H groups in total. The van der Waals surface area contributed by atoms with Crippen LogP contribution < -0.4 is 5.32 Å². The summed E-state index contributed by atoms with van der Waals surface area (Å²) in [5.41, 5.74) is 0. The highest BCUT2D eigenvalue weighted by Gasteiger charge is 2.30. The predicted molar refractivity (Wildman–Crippen MR) is 90.9 cm³/mol. The number of hydrogen-bond donors (Lipinski definition) is 1. The van der Waals surface area contributed by atoms with Gasteiger partial charge in [-0.3, -0.25) is 0 Å². The molecule has 2 aromatic rings. The third kappa shape index (κ3) is 3.68. The summed E-state index contributed by atoms with van der Waals surface area (Å²) in [5, 5.41) is 8.67. The fourth-order valence-electron chi connectivity index (χ4n) is 3.60. The van der Waals surface area contributed by atoms with Crippen LogP contribution in [0.25, 0.3) is 0 Å². The quantitative estimate of drug-likeness (QED) is 0.861. The first kappa shape index (κ1) is 16.2. The molecule has 0 amide bonds. The van der Waals surface area contributed by atoms with E-state index in [1.165, 1.54) is 35.6 Å². The minimum atomic E-state index is -0.0460. The van der Waals surface area contributed by atoms with Gasteiger partial charge in [0, 0.05) is 30.1 Å². The molecule has 1 saturated carbocycles. The van der Waals surface area contributed by atoms with Crippen molar-refractivity contribution in [1.82, 2.24) is 20.4 Å². The van der Waals surface area contributed by atoms with E-state index in [2.05, 4.69) is 20.4 Å². The van der Waals surface area contributed by atoms with Crippen molar-refractivity contribution >= 4 is 11.3 Å². The van der Waals surface area contributed by atoms with Crippen molar-refractivity contribution in [3.05, 3.63) is 27.8 Å². The van der Waals surface area contributed by atoms with E-state index in [-0.39, 0.29) is 12.2 Å². The number of nitrogens with zero attached hydrogens (tertiary/aromatic N) is 3. The highest BCUT2D eigenvalue weighted by Crippen LogP contribution is 2.36. The first-order valence-electron chi connectivity index (χ1n) is 8.89. The maximum atomic E-state index is 6.01. The molecule has 0 unspecified atom stereocenters. The summed E-state index contributed by atoms with van der Waals surface area (Å²) >= 11 is 1.87. The molecular formula is C17H24N4O2S. The summed E-state index contributed by atoms with van der Waals surface area (Å²) in [4.78, 5) is 10.2. The first-order chi connectivity index (χ1) is 11.8. The van der Waals surface area contributed by atoms with Gasteiger partial charge >= 0.3 is 0 Å². The van der Waals surface area contributed by atoms with Crippen LogP contribution in [0.5, 0.6) is 0 Å². The Kier molecular flexibility index (Phi) is 4.91. The van der Waals surface area contributed by atoms with E-state index in [0.717, 1.165) is 25.9 Å². The Morgan fingerprint density at radius 3 is 2.92 bits per heavy atom. The van der Waals surface area contributed by atoms with Crippen LogP contribution >= 0.6 is 11.3 Å². The van der Waals surface area contributed by atoms with Crippen molar-refractivity contribution in [2.75, 3.05) is 6.54 Å². The molecular weight excluding hydrogens is 324 g/mol. The molecule has 2 aromatic heterocycles. The standard InChI is InChI=1S/C17H24N4O2S/c1-11-20-16(23-21-11)15-7-6-13(22-15)8-18-9-14-10-19-17(24-14)12-4-2-3-5-12/h10,12-13,15,18H,2-9H2,1H3/t13-,15+/m1/s1. The molecule has 2 aliphatic rings. The lowest BCUT2D eigenvalue weighted by Gasteiger charge is -2.11. The zero-order valence-electron chi connectivity index (χ0n) is 14.0. The van der Waals surface area contributed by atoms with Crippen molar-refractivity contribution in [2.24, 2.45) is 0 Å². The second-order valence-electron chi connectivity index (χ2n) is 6.78. The number of aromatic nitrogens is 3. The average molecular weight is 348 g/mol. The Balaban J connectivity index is 1.22. The van der Waals surface area contributed by atoms with E-state index in [9.17, 15) is 0 Å². The Morgan fingerprint density at radius 1 is 1.25 bits per heavy atom. The fourth-order valence-corrected chi connectivity index (χ4v) is 4.66. The molecule has 0 spiro atoms. The summed E-state index contributed by atoms with van der Waals surface area (Å²) in [6.07, 6.45) is 9.51. The van der Waals surface area contributed by atoms with Crippen LogP contribution in [0.15, 0.2) is 10.7 Å². The van der Waals surface area contributed by atoms with E-state index in [1.807, 2.05) is 24.5 Å². The van der Waals surface area contributed by atoms with Gasteiger partial charge in [-0.25, -0.2) is 4.98 Å². The molecule has 6 nitrogen and oxygen atoms in total. The fraction of sp³-hybridized carbons (Fsp3) is 0.706. The number of thiazole rings is 1. The maximum absolute atomic E-state index is 6.01. The molecule has 4 rings (SSSR count). The number of hydrogen-bond acceptors (Lipinski definition) is 7. The van der Waals surface area contributed by atoms with Crippen molar-refractivity contribution in [1.29, 1.82) is 0 Å². The number of nitrogens with one attached hydrogen (secondary N) is 1. The van der Waals surface area contributed by atoms with Crippen LogP contribution in [-0.4, -0.2) is 27.8 Å². The molecule has 2 atom stereocenters. The van der Waals surface area contributed by atoms with Gasteiger partial charge in [0.05, 0.1) is 11.1 Å². The first-order valence-corrected chi connectivity index (χ1v) is 9.70. The molecule has 7 heteroatoms. The molecule has 1 saturated heterocycles. The van der Waals surface area contributed by atoms with Crippen LogP contribution in [0.1, 0.15) is 72.1 Å². The van der Waals surface area contributed by atoms with E-state index in [1.54, 1.807) is 0 Å². The van der Waals surface area contributed by atoms with E-state index in [0.29, 0.717) is 17.6 Å². The molecule has 0 radical (unpaired) electrons. The van der Waals surface area contributed by atoms with Crippen molar-refractivity contribution in [3.63, 3.8) is 0 Å². The molecule has 1 aliphatic carbocycles. The summed E-state index contributed by atoms with van der Waals surface area (Å²) in [7, 11) is 0. The van der Waals surface area contributed by atoms with Gasteiger partial charge in [-0.1, -0.05) is 18.0 Å². The van der Waals surface area contributed by atoms with Gasteiger partial charge < -0.3 is 14.6 Å². The summed E-state index contributed by atoms with van der Waals surface area (Å²) in [6, 6.07) is 0. The minimum Gasteiger partial charge on any atom is -0.364 e. The predicted octanol–water partition coefficient (Wildman–Crippen LogP) is 3.50. The Labute approximate surface area is 146 Å². The summed E-state index contributed by atoms with van der Waals surface area (Å²) < 4.78 is 11.2. The van der Waals surface area contributed by atoms with E-state index < -0.39 is 0 Å². The van der Waals surface area contributed by atoms with Gasteiger partial charge in [0.25, 0.3) is 5.89 Å². The normalized spacial score (nSPS) is 24.9. The molecule has 24 heavy (non-hydrogen) atoms. The van der Waals surface area contributed by atoms with E-state index in [4.69, 9.17) is 9.26 Å². The zero-order chi connectivity index (χ0) is 16.4. The van der Waals surface area contributed by atoms with Gasteiger partial charge in [0.1, 0.15) is 6.10 Å². The highest BCUT2D eigenvalue weighted by molar-refractivity contribution is 7.11. The molecule has 0 aromatic carbocycles. The maximum Gasteiger partial charge on any atom is 0.255 e. The van der Waals surface area contributed by atoms with E-state index >= 15 is 0 Å². The summed E-state index contributed by atoms with van der Waals surface area (Å²) in [5.74, 6) is 1.98. The molecule has 0 bridgehead atoms. The molecule has 2 fully saturated rings. The molecule has 3 heterocycles. The topological polar surface area (TPSA) is 73.1 Å². The Bertz CT molecular complexity index is 665. The minimum absolute atomic E-state index is 0.0460. The number of aryl methyl sites for hydroxylation is 1. The van der Waals surface area contributed by atoms with Crippen LogP contribution in [0.4, 0.5) is 0 Å². The second-order valence-corrected chi connectivity index (χ2v) is 7.93. The van der Waals surface area contributed by atoms with Gasteiger partial charge in [-0.2, -0.15) is 4.98 Å². The number of ether oxygens (including phenoxy) is 1. The largest absolute Gasteiger partial charge is 0.364 e. The molecule has 130 valence electrons. The lowest BCUT2D eigenvalue weighted by molar-refractivity contribution is 0.0264. The second kappa shape index (κ2) is 7.29. The van der Waals surface area contributed by atoms with Crippen LogP contribution in [0.2, 0.25) is 0 Å². The highest BCUT2D eigenvalue weighted by atomic mass is 32.1. The van der Waals surface area contributed by atoms with Crippen LogP contribution in [0.3, 0.4) is 0 Å². The van der Waals surface area contributed by atoms with Gasteiger partial charge in [-0.05, 0) is 32.6 Å². The lowest BCUT2D eigenvalue weighted by atomic mass is 10.1. The van der Waals surface area contributed by atoms with Crippen LogP contribution in [0, 0.1) is 6.92 Å². The van der Waals surface area contributed by atoms with Gasteiger partial charge in [-0.15, -0.1) is 11.3 Å². The van der Waals surface area contributed by atoms with Crippen molar-refractivity contribution in [3.8, 4) is 0 Å². The Hall–Kier alpha value is -1.31. The number of rotatable bonds is 6. The lowest BCUT2D eigenvalue weighted by Crippen LogP contribution is -2.25. The van der Waals surface area contributed by atoms with Gasteiger partial charge in [0.2, 0.25) is 0 Å². The molecule has 1 aliphatic heterocycles. The smallest absolute Gasteiger partial charge is 0.255 e. The third-order valence-electron chi connectivity index (χ3n) is 4.87. The van der Waals surface area contributed by atoms with Crippen LogP contribution in [-0.2, 0) is 11.3 Å². The van der Waals surface area contributed by atoms with Gasteiger partial charge in [0.15, 0.2) is 5.82 Å². The monoisotopic (exact) mass is 348 g/mol.